The summed E-state index contributed by atoms with van der Waals surface area (Å²) in [6.45, 7) is 11.8. The van der Waals surface area contributed by atoms with Crippen molar-refractivity contribution in [2.24, 2.45) is 0 Å². The van der Waals surface area contributed by atoms with Crippen molar-refractivity contribution in [1.29, 1.82) is 0 Å². The van der Waals surface area contributed by atoms with E-state index in [4.69, 9.17) is 14.2 Å². The fourth-order valence-corrected chi connectivity index (χ4v) is 4.52. The number of benzene rings is 1. The molecule has 1 unspecified atom stereocenters. The van der Waals surface area contributed by atoms with Crippen LogP contribution >= 0.6 is 8.03 Å². The minimum atomic E-state index is -2.52. The summed E-state index contributed by atoms with van der Waals surface area (Å²) in [4.78, 5) is 12.3. The first-order valence-electron chi connectivity index (χ1n) is 9.48. The summed E-state index contributed by atoms with van der Waals surface area (Å²) in [5.41, 5.74) is -0.935. The lowest BCUT2D eigenvalue weighted by molar-refractivity contribution is -0.456. The summed E-state index contributed by atoms with van der Waals surface area (Å²) >= 11 is 0. The van der Waals surface area contributed by atoms with E-state index in [0.29, 0.717) is 5.75 Å². The van der Waals surface area contributed by atoms with Gasteiger partial charge in [-0.25, -0.2) is 0 Å². The normalized spacial score (nSPS) is 19.3. The van der Waals surface area contributed by atoms with E-state index in [2.05, 4.69) is 0 Å². The van der Waals surface area contributed by atoms with Crippen molar-refractivity contribution < 1.29 is 18.8 Å². The molecule has 6 heteroatoms. The minimum Gasteiger partial charge on any atom is -0.443 e. The van der Waals surface area contributed by atoms with Crippen LogP contribution in [0.25, 0.3) is 0 Å². The van der Waals surface area contributed by atoms with E-state index in [1.807, 2.05) is 71.9 Å². The topological polar surface area (TPSA) is 48.0 Å². The van der Waals surface area contributed by atoms with Crippen LogP contribution in [0.1, 0.15) is 73.6 Å². The van der Waals surface area contributed by atoms with Gasteiger partial charge in [-0.3, -0.25) is 14.2 Å². The van der Waals surface area contributed by atoms with Crippen LogP contribution in [0.5, 0.6) is 5.75 Å². The zero-order valence-electron chi connectivity index (χ0n) is 17.0. The molecule has 0 N–H and O–H groups in total. The summed E-state index contributed by atoms with van der Waals surface area (Å²) in [6, 6.07) is 9.34. The fraction of sp³-hybridized carbons (Fsp3) is 0.700. The maximum atomic E-state index is 13.5. The van der Waals surface area contributed by atoms with Crippen LogP contribution in [0.15, 0.2) is 30.3 Å². The molecule has 26 heavy (non-hydrogen) atoms. The highest BCUT2D eigenvalue weighted by atomic mass is 31.1. The summed E-state index contributed by atoms with van der Waals surface area (Å²) in [6.07, 6.45) is 4.53. The molecule has 1 aliphatic rings. The molecule has 1 fully saturated rings. The van der Waals surface area contributed by atoms with E-state index in [1.54, 1.807) is 0 Å². The molecule has 0 spiro atoms. The second-order valence-corrected chi connectivity index (χ2v) is 10.7. The summed E-state index contributed by atoms with van der Waals surface area (Å²) < 4.78 is 19.4. The average molecular weight is 383 g/mol. The predicted molar refractivity (Wildman–Crippen MR) is 105 cm³/mol. The lowest BCUT2D eigenvalue weighted by Gasteiger charge is -2.46. The third-order valence-corrected chi connectivity index (χ3v) is 5.94. The van der Waals surface area contributed by atoms with Gasteiger partial charge < -0.3 is 4.52 Å². The molecule has 0 radical (unpaired) electrons. The van der Waals surface area contributed by atoms with Gasteiger partial charge in [0.25, 0.3) is 8.03 Å². The molecule has 0 bridgehead atoms. The SMILES string of the molecule is CC(C)(C)ON(OC(C)(C)C)C1([PH](=O)Oc2ccccc2)CCCCC1. The van der Waals surface area contributed by atoms with Crippen LogP contribution in [0.3, 0.4) is 0 Å². The molecule has 1 atom stereocenters. The highest BCUT2D eigenvalue weighted by Gasteiger charge is 2.49. The zero-order chi connectivity index (χ0) is 19.4. The van der Waals surface area contributed by atoms with Gasteiger partial charge in [-0.15, -0.1) is 0 Å². The number of para-hydroxylation sites is 1. The molecular weight excluding hydrogens is 349 g/mol. The molecule has 0 aliphatic heterocycles. The zero-order valence-corrected chi connectivity index (χ0v) is 18.0. The number of hydrogen-bond acceptors (Lipinski definition) is 5. The van der Waals surface area contributed by atoms with Gasteiger partial charge >= 0.3 is 0 Å². The molecule has 0 heterocycles. The van der Waals surface area contributed by atoms with Crippen LogP contribution in [0, 0.1) is 0 Å². The number of hydroxylamine groups is 2. The van der Waals surface area contributed by atoms with Crippen LogP contribution in [-0.4, -0.2) is 21.7 Å². The maximum absolute atomic E-state index is 13.5. The molecule has 5 nitrogen and oxygen atoms in total. The van der Waals surface area contributed by atoms with E-state index in [9.17, 15) is 4.57 Å². The number of nitrogens with zero attached hydrogens (tertiary/aromatic N) is 1. The first-order chi connectivity index (χ1) is 12.0. The monoisotopic (exact) mass is 383 g/mol. The third-order valence-electron chi connectivity index (χ3n) is 4.08. The standard InChI is InChI=1S/C20H34NO4P/c1-18(2,3)24-21(25-19(4,5)6)20(15-11-8-12-16-20)26(22)23-17-13-9-7-10-14-17/h7,9-10,13-14,26H,8,11-12,15-16H2,1-6H3. The molecule has 148 valence electrons. The molecule has 0 saturated heterocycles. The number of rotatable bonds is 6. The largest absolute Gasteiger partial charge is 0.443 e. The van der Waals surface area contributed by atoms with E-state index >= 15 is 0 Å². The Morgan fingerprint density at radius 2 is 1.38 bits per heavy atom. The van der Waals surface area contributed by atoms with Crippen LogP contribution in [-0.2, 0) is 14.2 Å². The highest BCUT2D eigenvalue weighted by molar-refractivity contribution is 7.41. The predicted octanol–water partition coefficient (Wildman–Crippen LogP) is 5.96. The molecule has 1 aliphatic carbocycles. The molecule has 0 amide bonds. The van der Waals surface area contributed by atoms with Crippen molar-refractivity contribution >= 4 is 8.03 Å². The first-order valence-corrected chi connectivity index (χ1v) is 10.8. The van der Waals surface area contributed by atoms with Gasteiger partial charge in [0.15, 0.2) is 5.28 Å². The lowest BCUT2D eigenvalue weighted by atomic mass is 9.95. The molecular formula is C20H34NO4P. The van der Waals surface area contributed by atoms with Crippen molar-refractivity contribution in [1.82, 2.24) is 5.23 Å². The van der Waals surface area contributed by atoms with Crippen molar-refractivity contribution in [3.05, 3.63) is 30.3 Å². The van der Waals surface area contributed by atoms with Crippen LogP contribution in [0.2, 0.25) is 0 Å². The van der Waals surface area contributed by atoms with Gasteiger partial charge in [0.1, 0.15) is 5.75 Å². The Hall–Kier alpha value is -0.870. The van der Waals surface area contributed by atoms with E-state index in [1.165, 1.54) is 5.23 Å². The van der Waals surface area contributed by atoms with E-state index < -0.39 is 24.5 Å². The Balaban J connectivity index is 2.35. The van der Waals surface area contributed by atoms with Crippen molar-refractivity contribution in [3.63, 3.8) is 0 Å². The summed E-state index contributed by atoms with van der Waals surface area (Å²) in [7, 11) is -2.52. The smallest absolute Gasteiger partial charge is 0.261 e. The summed E-state index contributed by atoms with van der Waals surface area (Å²) in [5.74, 6) is 0.618. The quantitative estimate of drug-likeness (QED) is 0.448. The third kappa shape index (κ3) is 6.09. The Bertz CT molecular complexity index is 570. The molecule has 0 aromatic heterocycles. The minimum absolute atomic E-state index is 0.468. The van der Waals surface area contributed by atoms with Gasteiger partial charge in [0.2, 0.25) is 0 Å². The van der Waals surface area contributed by atoms with Crippen LogP contribution in [0.4, 0.5) is 0 Å². The Labute approximate surface area is 158 Å². The van der Waals surface area contributed by atoms with Gasteiger partial charge in [0, 0.05) is 0 Å². The Kier molecular flexibility index (Phi) is 6.95. The van der Waals surface area contributed by atoms with Crippen LogP contribution < -0.4 is 4.52 Å². The maximum Gasteiger partial charge on any atom is 0.261 e. The Morgan fingerprint density at radius 1 is 0.885 bits per heavy atom. The van der Waals surface area contributed by atoms with Gasteiger partial charge in [-0.1, -0.05) is 37.5 Å². The second kappa shape index (κ2) is 8.43. The van der Waals surface area contributed by atoms with E-state index in [0.717, 1.165) is 32.1 Å². The van der Waals surface area contributed by atoms with Crippen molar-refractivity contribution in [2.45, 2.75) is 90.1 Å². The van der Waals surface area contributed by atoms with Crippen molar-refractivity contribution in [3.8, 4) is 5.75 Å². The first kappa shape index (κ1) is 21.4. The molecule has 1 aromatic rings. The number of hydrogen-bond donors (Lipinski definition) is 0. The Morgan fingerprint density at radius 3 is 1.85 bits per heavy atom. The van der Waals surface area contributed by atoms with Gasteiger partial charge in [-0.2, -0.15) is 0 Å². The molecule has 1 saturated carbocycles. The molecule has 1 aromatic carbocycles. The summed E-state index contributed by atoms with van der Waals surface area (Å²) in [5, 5.41) is 0.760. The highest BCUT2D eigenvalue weighted by Crippen LogP contribution is 2.53. The lowest BCUT2D eigenvalue weighted by Crippen LogP contribution is -2.53. The average Bonchev–Trinajstić information content (AvgIpc) is 2.53. The fourth-order valence-electron chi connectivity index (χ4n) is 2.98. The molecule has 2 rings (SSSR count). The second-order valence-electron chi connectivity index (χ2n) is 8.96. The van der Waals surface area contributed by atoms with E-state index in [-0.39, 0.29) is 0 Å². The van der Waals surface area contributed by atoms with Gasteiger partial charge in [-0.05, 0) is 71.7 Å². The van der Waals surface area contributed by atoms with Gasteiger partial charge in [0.05, 0.1) is 11.2 Å². The van der Waals surface area contributed by atoms with Crippen molar-refractivity contribution in [2.75, 3.05) is 0 Å².